The highest BCUT2D eigenvalue weighted by molar-refractivity contribution is 14.1. The van der Waals surface area contributed by atoms with Crippen molar-refractivity contribution in [2.75, 3.05) is 5.32 Å². The summed E-state index contributed by atoms with van der Waals surface area (Å²) in [6.45, 7) is 0. The van der Waals surface area contributed by atoms with E-state index in [1.54, 1.807) is 18.2 Å². The van der Waals surface area contributed by atoms with Gasteiger partial charge in [-0.1, -0.05) is 6.07 Å². The number of carbonyl (C=O) groups is 1. The lowest BCUT2D eigenvalue weighted by Crippen LogP contribution is -2.13. The van der Waals surface area contributed by atoms with E-state index in [2.05, 4.69) is 27.9 Å². The summed E-state index contributed by atoms with van der Waals surface area (Å²) in [5.41, 5.74) is 0.226. The highest BCUT2D eigenvalue weighted by atomic mass is 127. The van der Waals surface area contributed by atoms with E-state index in [4.69, 9.17) is 0 Å². The van der Waals surface area contributed by atoms with Gasteiger partial charge in [-0.3, -0.25) is 4.79 Å². The first-order valence-corrected chi connectivity index (χ1v) is 6.16. The average Bonchev–Trinajstić information content (AvgIpc) is 2.34. The second-order valence-electron chi connectivity index (χ2n) is 3.59. The highest BCUT2D eigenvalue weighted by Gasteiger charge is 2.10. The van der Waals surface area contributed by atoms with Gasteiger partial charge in [0.25, 0.3) is 5.91 Å². The molecule has 2 nitrogen and oxygen atoms in total. The van der Waals surface area contributed by atoms with Gasteiger partial charge in [0.05, 0.1) is 5.69 Å². The molecule has 0 aliphatic rings. The molecule has 18 heavy (non-hydrogen) atoms. The largest absolute Gasteiger partial charge is 0.319 e. The SMILES string of the molecule is O=C(Nc1cc(F)ccc1F)c1cccc(I)c1. The van der Waals surface area contributed by atoms with Crippen molar-refractivity contribution in [3.05, 3.63) is 63.2 Å². The zero-order chi connectivity index (χ0) is 13.1. The molecule has 1 N–H and O–H groups in total. The fourth-order valence-corrected chi connectivity index (χ4v) is 1.96. The molecule has 0 aliphatic carbocycles. The smallest absolute Gasteiger partial charge is 0.255 e. The molecule has 0 bridgehead atoms. The fourth-order valence-electron chi connectivity index (χ4n) is 1.42. The van der Waals surface area contributed by atoms with E-state index in [0.717, 1.165) is 21.8 Å². The first kappa shape index (κ1) is 12.9. The Morgan fingerprint density at radius 1 is 1.11 bits per heavy atom. The summed E-state index contributed by atoms with van der Waals surface area (Å²) in [6.07, 6.45) is 0. The van der Waals surface area contributed by atoms with Crippen LogP contribution in [0.4, 0.5) is 14.5 Å². The fraction of sp³-hybridized carbons (Fsp3) is 0. The molecule has 92 valence electrons. The molecule has 5 heteroatoms. The van der Waals surface area contributed by atoms with Crippen LogP contribution in [0.1, 0.15) is 10.4 Å². The Morgan fingerprint density at radius 3 is 2.61 bits per heavy atom. The summed E-state index contributed by atoms with van der Waals surface area (Å²) in [4.78, 5) is 11.8. The number of anilines is 1. The van der Waals surface area contributed by atoms with Crippen LogP contribution >= 0.6 is 22.6 Å². The average molecular weight is 359 g/mol. The number of hydrogen-bond donors (Lipinski definition) is 1. The summed E-state index contributed by atoms with van der Waals surface area (Å²) >= 11 is 2.07. The minimum Gasteiger partial charge on any atom is -0.319 e. The van der Waals surface area contributed by atoms with Gasteiger partial charge in [0.1, 0.15) is 11.6 Å². The van der Waals surface area contributed by atoms with Crippen LogP contribution < -0.4 is 5.32 Å². The van der Waals surface area contributed by atoms with Gasteiger partial charge >= 0.3 is 0 Å². The van der Waals surface area contributed by atoms with Crippen LogP contribution in [0.25, 0.3) is 0 Å². The molecule has 0 spiro atoms. The van der Waals surface area contributed by atoms with Crippen molar-refractivity contribution in [3.63, 3.8) is 0 Å². The van der Waals surface area contributed by atoms with Gasteiger partial charge in [-0.2, -0.15) is 0 Å². The number of carbonyl (C=O) groups excluding carboxylic acids is 1. The Labute approximate surface area is 116 Å². The standard InChI is InChI=1S/C13H8F2INO/c14-9-4-5-11(15)12(7-9)17-13(18)8-2-1-3-10(16)6-8/h1-7H,(H,17,18). The summed E-state index contributed by atoms with van der Waals surface area (Å²) in [5.74, 6) is -1.75. The molecule has 2 aromatic carbocycles. The van der Waals surface area contributed by atoms with E-state index in [0.29, 0.717) is 5.56 Å². The number of rotatable bonds is 2. The predicted octanol–water partition coefficient (Wildman–Crippen LogP) is 3.82. The van der Waals surface area contributed by atoms with Crippen LogP contribution in [0, 0.1) is 15.2 Å². The molecule has 0 fully saturated rings. The van der Waals surface area contributed by atoms with Crippen LogP contribution in [0.5, 0.6) is 0 Å². The van der Waals surface area contributed by atoms with E-state index in [1.807, 2.05) is 6.07 Å². The minimum absolute atomic E-state index is 0.168. The third-order valence-electron chi connectivity index (χ3n) is 2.26. The molecule has 0 unspecified atom stereocenters. The number of halogens is 3. The maximum Gasteiger partial charge on any atom is 0.255 e. The van der Waals surface area contributed by atoms with Gasteiger partial charge in [-0.15, -0.1) is 0 Å². The maximum absolute atomic E-state index is 13.3. The van der Waals surface area contributed by atoms with Gasteiger partial charge in [0.15, 0.2) is 0 Å². The lowest BCUT2D eigenvalue weighted by Gasteiger charge is -2.06. The molecule has 2 aromatic rings. The Bertz CT molecular complexity index is 601. The number of nitrogens with one attached hydrogen (secondary N) is 1. The Kier molecular flexibility index (Phi) is 3.90. The molecule has 0 radical (unpaired) electrons. The van der Waals surface area contributed by atoms with E-state index in [1.165, 1.54) is 0 Å². The maximum atomic E-state index is 13.3. The first-order chi connectivity index (χ1) is 8.56. The van der Waals surface area contributed by atoms with Crippen molar-refractivity contribution in [2.45, 2.75) is 0 Å². The zero-order valence-corrected chi connectivity index (χ0v) is 11.2. The zero-order valence-electron chi connectivity index (χ0n) is 9.08. The van der Waals surface area contributed by atoms with Crippen molar-refractivity contribution < 1.29 is 13.6 Å². The number of benzene rings is 2. The lowest BCUT2D eigenvalue weighted by molar-refractivity contribution is 0.102. The van der Waals surface area contributed by atoms with Crippen LogP contribution in [-0.4, -0.2) is 5.91 Å². The molecule has 1 amide bonds. The van der Waals surface area contributed by atoms with Crippen LogP contribution in [0.15, 0.2) is 42.5 Å². The van der Waals surface area contributed by atoms with Gasteiger partial charge in [0.2, 0.25) is 0 Å². The van der Waals surface area contributed by atoms with Crippen LogP contribution in [-0.2, 0) is 0 Å². The summed E-state index contributed by atoms with van der Waals surface area (Å²) in [5, 5.41) is 2.34. The summed E-state index contributed by atoms with van der Waals surface area (Å²) in [6, 6.07) is 9.73. The topological polar surface area (TPSA) is 29.1 Å². The van der Waals surface area contributed by atoms with Crippen molar-refractivity contribution in [2.24, 2.45) is 0 Å². The van der Waals surface area contributed by atoms with Crippen molar-refractivity contribution in [1.82, 2.24) is 0 Å². The van der Waals surface area contributed by atoms with E-state index in [9.17, 15) is 13.6 Å². The normalized spacial score (nSPS) is 10.2. The second kappa shape index (κ2) is 5.43. The molecule has 0 saturated heterocycles. The van der Waals surface area contributed by atoms with Gasteiger partial charge in [0, 0.05) is 15.2 Å². The molecule has 2 rings (SSSR count). The molecular formula is C13H8F2INO. The van der Waals surface area contributed by atoms with E-state index in [-0.39, 0.29) is 5.69 Å². The molecule has 0 aromatic heterocycles. The minimum atomic E-state index is -0.671. The molecule has 0 heterocycles. The molecular weight excluding hydrogens is 351 g/mol. The van der Waals surface area contributed by atoms with Crippen LogP contribution in [0.2, 0.25) is 0 Å². The molecule has 0 aliphatic heterocycles. The molecule has 0 saturated carbocycles. The van der Waals surface area contributed by atoms with Crippen molar-refractivity contribution in [1.29, 1.82) is 0 Å². The third kappa shape index (κ3) is 3.04. The first-order valence-electron chi connectivity index (χ1n) is 5.08. The highest BCUT2D eigenvalue weighted by Crippen LogP contribution is 2.17. The second-order valence-corrected chi connectivity index (χ2v) is 4.83. The number of hydrogen-bond acceptors (Lipinski definition) is 1. The van der Waals surface area contributed by atoms with Crippen molar-refractivity contribution in [3.8, 4) is 0 Å². The van der Waals surface area contributed by atoms with Gasteiger partial charge < -0.3 is 5.32 Å². The van der Waals surface area contributed by atoms with Crippen molar-refractivity contribution >= 4 is 34.2 Å². The Balaban J connectivity index is 2.24. The lowest BCUT2D eigenvalue weighted by atomic mass is 10.2. The van der Waals surface area contributed by atoms with Crippen LogP contribution in [0.3, 0.4) is 0 Å². The Hall–Kier alpha value is -1.50. The van der Waals surface area contributed by atoms with Gasteiger partial charge in [-0.25, -0.2) is 8.78 Å². The summed E-state index contributed by atoms with van der Waals surface area (Å²) < 4.78 is 27.2. The number of amides is 1. The summed E-state index contributed by atoms with van der Waals surface area (Å²) in [7, 11) is 0. The Morgan fingerprint density at radius 2 is 1.89 bits per heavy atom. The quantitative estimate of drug-likeness (QED) is 0.812. The van der Waals surface area contributed by atoms with Gasteiger partial charge in [-0.05, 0) is 52.9 Å². The monoisotopic (exact) mass is 359 g/mol. The van der Waals surface area contributed by atoms with E-state index >= 15 is 0 Å². The third-order valence-corrected chi connectivity index (χ3v) is 2.93. The predicted molar refractivity (Wildman–Crippen MR) is 73.5 cm³/mol. The molecule has 0 atom stereocenters. The van der Waals surface area contributed by atoms with E-state index < -0.39 is 17.5 Å².